The molecule has 1 fully saturated rings. The van der Waals surface area contributed by atoms with Crippen molar-refractivity contribution in [2.45, 2.75) is 31.3 Å². The van der Waals surface area contributed by atoms with Crippen LogP contribution in [0.3, 0.4) is 0 Å². The van der Waals surface area contributed by atoms with Gasteiger partial charge in [0.05, 0.1) is 0 Å². The van der Waals surface area contributed by atoms with Crippen LogP contribution in [-0.4, -0.2) is 12.1 Å². The fourth-order valence-electron chi connectivity index (χ4n) is 2.69. The van der Waals surface area contributed by atoms with Gasteiger partial charge < -0.3 is 10.3 Å². The van der Waals surface area contributed by atoms with E-state index in [2.05, 4.69) is 12.2 Å². The Bertz CT molecular complexity index is 327. The lowest BCUT2D eigenvalue weighted by atomic mass is 9.97. The first-order chi connectivity index (χ1) is 6.36. The molecular formula is C11H13NO. The maximum absolute atomic E-state index is 12.0. The quantitative estimate of drug-likeness (QED) is 0.540. The average Bonchev–Trinajstić information content (AvgIpc) is 2.71. The van der Waals surface area contributed by atoms with Crippen LogP contribution in [0.15, 0.2) is 35.5 Å². The molecule has 0 aromatic heterocycles. The number of allylic oxidation sites excluding steroid dienone is 2. The van der Waals surface area contributed by atoms with Crippen molar-refractivity contribution in [1.29, 1.82) is 0 Å². The molecule has 3 rings (SSSR count). The Morgan fingerprint density at radius 1 is 1.46 bits per heavy atom. The molecule has 2 nitrogen and oxygen atoms in total. The molecule has 1 saturated carbocycles. The first-order valence-corrected chi connectivity index (χ1v) is 4.99. The predicted molar refractivity (Wildman–Crippen MR) is 51.1 cm³/mol. The van der Waals surface area contributed by atoms with Gasteiger partial charge in [0.2, 0.25) is 0 Å². The van der Waals surface area contributed by atoms with E-state index in [1.54, 1.807) is 0 Å². The second kappa shape index (κ2) is 2.56. The van der Waals surface area contributed by atoms with Crippen molar-refractivity contribution < 1.29 is 5.06 Å². The lowest BCUT2D eigenvalue weighted by Gasteiger charge is -2.38. The van der Waals surface area contributed by atoms with Gasteiger partial charge in [0.1, 0.15) is 12.1 Å². The smallest absolute Gasteiger partial charge is 0.132 e. The van der Waals surface area contributed by atoms with Crippen molar-refractivity contribution in [3.63, 3.8) is 0 Å². The van der Waals surface area contributed by atoms with Gasteiger partial charge in [0.25, 0.3) is 0 Å². The summed E-state index contributed by atoms with van der Waals surface area (Å²) in [6.07, 6.45) is 11.8. The summed E-state index contributed by atoms with van der Waals surface area (Å²) in [6, 6.07) is 0.372. The van der Waals surface area contributed by atoms with E-state index in [1.165, 1.54) is 17.6 Å². The SMILES string of the molecule is [O-][NH+]1C2C=CC=C2C=C2CCCC21. The first-order valence-electron chi connectivity index (χ1n) is 4.99. The molecular weight excluding hydrogens is 162 g/mol. The largest absolute Gasteiger partial charge is 0.633 e. The molecule has 2 heteroatoms. The molecule has 3 atom stereocenters. The summed E-state index contributed by atoms with van der Waals surface area (Å²) in [5.74, 6) is 0. The van der Waals surface area contributed by atoms with Crippen LogP contribution in [0.4, 0.5) is 0 Å². The van der Waals surface area contributed by atoms with Crippen molar-refractivity contribution in [2.24, 2.45) is 0 Å². The molecule has 13 heavy (non-hydrogen) atoms. The van der Waals surface area contributed by atoms with Crippen molar-refractivity contribution in [2.75, 3.05) is 0 Å². The topological polar surface area (TPSA) is 27.5 Å². The zero-order chi connectivity index (χ0) is 8.84. The third-order valence-corrected chi connectivity index (χ3v) is 3.36. The zero-order valence-corrected chi connectivity index (χ0v) is 7.49. The van der Waals surface area contributed by atoms with Gasteiger partial charge in [-0.25, -0.2) is 0 Å². The molecule has 0 spiro atoms. The zero-order valence-electron chi connectivity index (χ0n) is 7.49. The average molecular weight is 175 g/mol. The van der Waals surface area contributed by atoms with Crippen molar-refractivity contribution in [3.8, 4) is 0 Å². The number of nitrogens with one attached hydrogen (secondary N) is 1. The second-order valence-electron chi connectivity index (χ2n) is 4.10. The Labute approximate surface area is 77.8 Å². The lowest BCUT2D eigenvalue weighted by molar-refractivity contribution is -0.883. The number of hydrogen-bond donors (Lipinski definition) is 1. The van der Waals surface area contributed by atoms with Crippen molar-refractivity contribution in [1.82, 2.24) is 0 Å². The fourth-order valence-corrected chi connectivity index (χ4v) is 2.69. The summed E-state index contributed by atoms with van der Waals surface area (Å²) >= 11 is 0. The molecule has 0 bridgehead atoms. The molecule has 0 saturated heterocycles. The Balaban J connectivity index is 2.04. The van der Waals surface area contributed by atoms with Gasteiger partial charge >= 0.3 is 0 Å². The van der Waals surface area contributed by atoms with Crippen LogP contribution in [0, 0.1) is 5.21 Å². The highest BCUT2D eigenvalue weighted by Crippen LogP contribution is 2.29. The molecule has 1 N–H and O–H groups in total. The van der Waals surface area contributed by atoms with Crippen LogP contribution in [0.25, 0.3) is 0 Å². The summed E-state index contributed by atoms with van der Waals surface area (Å²) < 4.78 is 0. The first kappa shape index (κ1) is 7.54. The molecule has 1 heterocycles. The number of hydrogen-bond acceptors (Lipinski definition) is 1. The molecule has 0 radical (unpaired) electrons. The molecule has 1 aliphatic heterocycles. The summed E-state index contributed by atoms with van der Waals surface area (Å²) in [6.45, 7) is 0. The maximum atomic E-state index is 12.0. The van der Waals surface area contributed by atoms with Crippen LogP contribution in [-0.2, 0) is 0 Å². The standard InChI is InChI=1S/C11H13NO/c13-12-10-5-1-3-8(10)7-9-4-2-6-11(9)12/h1,3,5,7,10-12H,2,4,6H2. The van der Waals surface area contributed by atoms with Gasteiger partial charge in [-0.3, -0.25) is 0 Å². The van der Waals surface area contributed by atoms with Crippen LogP contribution in [0.2, 0.25) is 0 Å². The van der Waals surface area contributed by atoms with E-state index in [9.17, 15) is 5.21 Å². The van der Waals surface area contributed by atoms with Crippen LogP contribution < -0.4 is 5.06 Å². The third kappa shape index (κ3) is 0.960. The highest BCUT2D eigenvalue weighted by molar-refractivity contribution is 5.42. The van der Waals surface area contributed by atoms with Crippen molar-refractivity contribution in [3.05, 3.63) is 40.7 Å². The normalized spacial score (nSPS) is 41.2. The minimum absolute atomic E-state index is 0.104. The molecule has 0 aromatic rings. The van der Waals surface area contributed by atoms with Gasteiger partial charge in [-0.2, -0.15) is 0 Å². The van der Waals surface area contributed by atoms with Crippen molar-refractivity contribution >= 4 is 0 Å². The Hall–Kier alpha value is -0.860. The Kier molecular flexibility index (Phi) is 1.49. The molecule has 2 aliphatic carbocycles. The monoisotopic (exact) mass is 175 g/mol. The second-order valence-corrected chi connectivity index (χ2v) is 4.10. The van der Waals surface area contributed by atoms with Gasteiger partial charge in [0.15, 0.2) is 0 Å². The van der Waals surface area contributed by atoms with E-state index in [0.717, 1.165) is 12.8 Å². The predicted octanol–water partition coefficient (Wildman–Crippen LogP) is 0.726. The number of hydroxylamine groups is 2. The van der Waals surface area contributed by atoms with Gasteiger partial charge in [-0.15, -0.1) is 0 Å². The Morgan fingerprint density at radius 3 is 3.31 bits per heavy atom. The summed E-state index contributed by atoms with van der Waals surface area (Å²) in [7, 11) is 0. The molecule has 3 unspecified atom stereocenters. The summed E-state index contributed by atoms with van der Waals surface area (Å²) in [5, 5.41) is 12.4. The minimum Gasteiger partial charge on any atom is -0.633 e. The molecule has 0 aromatic carbocycles. The maximum Gasteiger partial charge on any atom is 0.132 e. The Morgan fingerprint density at radius 2 is 2.38 bits per heavy atom. The van der Waals surface area contributed by atoms with E-state index in [-0.39, 0.29) is 12.1 Å². The highest BCUT2D eigenvalue weighted by Gasteiger charge is 2.36. The van der Waals surface area contributed by atoms with Gasteiger partial charge in [-0.1, -0.05) is 12.2 Å². The number of quaternary nitrogens is 1. The summed E-state index contributed by atoms with van der Waals surface area (Å²) in [5.41, 5.74) is 2.61. The molecule has 3 aliphatic rings. The van der Waals surface area contributed by atoms with E-state index in [0.29, 0.717) is 5.06 Å². The van der Waals surface area contributed by atoms with E-state index in [1.807, 2.05) is 12.2 Å². The lowest BCUT2D eigenvalue weighted by Crippen LogP contribution is -3.15. The fraction of sp³-hybridized carbons (Fsp3) is 0.455. The minimum atomic E-state index is 0.104. The van der Waals surface area contributed by atoms with E-state index < -0.39 is 0 Å². The number of rotatable bonds is 0. The van der Waals surface area contributed by atoms with E-state index >= 15 is 0 Å². The summed E-state index contributed by atoms with van der Waals surface area (Å²) in [4.78, 5) is 0. The molecule has 68 valence electrons. The van der Waals surface area contributed by atoms with E-state index in [4.69, 9.17) is 0 Å². The van der Waals surface area contributed by atoms with Crippen LogP contribution >= 0.6 is 0 Å². The van der Waals surface area contributed by atoms with Crippen LogP contribution in [0.5, 0.6) is 0 Å². The van der Waals surface area contributed by atoms with Gasteiger partial charge in [-0.05, 0) is 30.6 Å². The van der Waals surface area contributed by atoms with Gasteiger partial charge in [0, 0.05) is 12.0 Å². The highest BCUT2D eigenvalue weighted by atomic mass is 16.5. The van der Waals surface area contributed by atoms with Crippen LogP contribution in [0.1, 0.15) is 19.3 Å². The molecule has 0 amide bonds. The third-order valence-electron chi connectivity index (χ3n) is 3.36. The number of fused-ring (bicyclic) bond motifs is 2.